The molecule has 1 aliphatic rings. The summed E-state index contributed by atoms with van der Waals surface area (Å²) in [6.45, 7) is 5.84. The van der Waals surface area contributed by atoms with E-state index in [1.165, 1.54) is 0 Å². The minimum absolute atomic E-state index is 0.206. The van der Waals surface area contributed by atoms with Crippen LogP contribution in [0.3, 0.4) is 0 Å². The highest BCUT2D eigenvalue weighted by Crippen LogP contribution is 2.32. The van der Waals surface area contributed by atoms with Gasteiger partial charge in [-0.1, -0.05) is 6.07 Å². The van der Waals surface area contributed by atoms with E-state index < -0.39 is 0 Å². The van der Waals surface area contributed by atoms with E-state index in [-0.39, 0.29) is 12.7 Å². The molecule has 1 amide bonds. The van der Waals surface area contributed by atoms with Crippen LogP contribution in [0, 0.1) is 0 Å². The van der Waals surface area contributed by atoms with Crippen molar-refractivity contribution in [2.75, 3.05) is 19.9 Å². The number of rotatable bonds is 5. The highest BCUT2D eigenvalue weighted by Gasteiger charge is 2.14. The van der Waals surface area contributed by atoms with Crippen LogP contribution in [-0.2, 0) is 11.2 Å². The molecule has 18 heavy (non-hydrogen) atoms. The number of amides is 1. The fourth-order valence-corrected chi connectivity index (χ4v) is 2.08. The summed E-state index contributed by atoms with van der Waals surface area (Å²) < 4.78 is 10.6. The Kier molecular flexibility index (Phi) is 4.07. The number of hydrogen-bond acceptors (Lipinski definition) is 3. The Bertz CT molecular complexity index is 427. The van der Waals surface area contributed by atoms with Gasteiger partial charge in [-0.25, -0.2) is 0 Å². The standard InChI is InChI=1S/C14H19NO3/c1-3-15(4-2)14(16)8-6-11-5-7-12-13(9-11)18-10-17-12/h5,7,9H,3-4,6,8,10H2,1-2H3. The van der Waals surface area contributed by atoms with Crippen LogP contribution in [-0.4, -0.2) is 30.7 Å². The lowest BCUT2D eigenvalue weighted by Gasteiger charge is -2.18. The summed E-state index contributed by atoms with van der Waals surface area (Å²) >= 11 is 0. The van der Waals surface area contributed by atoms with E-state index in [9.17, 15) is 4.79 Å². The molecule has 1 aromatic carbocycles. The van der Waals surface area contributed by atoms with Crippen LogP contribution in [0.1, 0.15) is 25.8 Å². The zero-order chi connectivity index (χ0) is 13.0. The van der Waals surface area contributed by atoms with Crippen molar-refractivity contribution in [2.45, 2.75) is 26.7 Å². The van der Waals surface area contributed by atoms with Crippen LogP contribution in [0.2, 0.25) is 0 Å². The lowest BCUT2D eigenvalue weighted by Crippen LogP contribution is -2.30. The second-order valence-corrected chi connectivity index (χ2v) is 4.25. The Balaban J connectivity index is 1.92. The number of hydrogen-bond donors (Lipinski definition) is 0. The van der Waals surface area contributed by atoms with Crippen molar-refractivity contribution in [3.05, 3.63) is 23.8 Å². The molecular weight excluding hydrogens is 230 g/mol. The van der Waals surface area contributed by atoms with E-state index in [1.54, 1.807) is 0 Å². The molecule has 1 heterocycles. The molecule has 0 saturated carbocycles. The number of aryl methyl sites for hydroxylation is 1. The maximum Gasteiger partial charge on any atom is 0.231 e. The molecule has 0 bridgehead atoms. The minimum Gasteiger partial charge on any atom is -0.454 e. The van der Waals surface area contributed by atoms with Gasteiger partial charge in [0.15, 0.2) is 11.5 Å². The van der Waals surface area contributed by atoms with E-state index in [2.05, 4.69) is 0 Å². The minimum atomic E-state index is 0.206. The summed E-state index contributed by atoms with van der Waals surface area (Å²) in [5.41, 5.74) is 1.11. The molecule has 0 aromatic heterocycles. The molecule has 1 aromatic rings. The summed E-state index contributed by atoms with van der Waals surface area (Å²) in [6, 6.07) is 5.85. The average Bonchev–Trinajstić information content (AvgIpc) is 2.85. The van der Waals surface area contributed by atoms with Crippen LogP contribution in [0.5, 0.6) is 11.5 Å². The van der Waals surface area contributed by atoms with E-state index in [0.717, 1.165) is 36.6 Å². The van der Waals surface area contributed by atoms with Gasteiger partial charge in [0.05, 0.1) is 0 Å². The van der Waals surface area contributed by atoms with Crippen LogP contribution in [0.4, 0.5) is 0 Å². The van der Waals surface area contributed by atoms with Gasteiger partial charge in [0, 0.05) is 19.5 Å². The van der Waals surface area contributed by atoms with E-state index in [4.69, 9.17) is 9.47 Å². The summed E-state index contributed by atoms with van der Waals surface area (Å²) in [5, 5.41) is 0. The zero-order valence-corrected chi connectivity index (χ0v) is 10.9. The van der Waals surface area contributed by atoms with Crippen LogP contribution in [0.25, 0.3) is 0 Å². The molecular formula is C14H19NO3. The van der Waals surface area contributed by atoms with Crippen molar-refractivity contribution >= 4 is 5.91 Å². The van der Waals surface area contributed by atoms with Crippen molar-refractivity contribution in [2.24, 2.45) is 0 Å². The molecule has 4 heteroatoms. The molecule has 0 spiro atoms. The molecule has 0 saturated heterocycles. The smallest absolute Gasteiger partial charge is 0.231 e. The van der Waals surface area contributed by atoms with Gasteiger partial charge >= 0.3 is 0 Å². The number of fused-ring (bicyclic) bond motifs is 1. The van der Waals surface area contributed by atoms with Gasteiger partial charge in [-0.05, 0) is 38.0 Å². The lowest BCUT2D eigenvalue weighted by atomic mass is 10.1. The van der Waals surface area contributed by atoms with E-state index in [0.29, 0.717) is 6.42 Å². The van der Waals surface area contributed by atoms with E-state index in [1.807, 2.05) is 36.9 Å². The highest BCUT2D eigenvalue weighted by atomic mass is 16.7. The van der Waals surface area contributed by atoms with Gasteiger partial charge in [0.25, 0.3) is 0 Å². The lowest BCUT2D eigenvalue weighted by molar-refractivity contribution is -0.130. The van der Waals surface area contributed by atoms with Gasteiger partial charge < -0.3 is 14.4 Å². The largest absolute Gasteiger partial charge is 0.454 e. The van der Waals surface area contributed by atoms with Gasteiger partial charge in [-0.2, -0.15) is 0 Å². The maximum absolute atomic E-state index is 11.9. The zero-order valence-electron chi connectivity index (χ0n) is 10.9. The number of nitrogens with zero attached hydrogens (tertiary/aromatic N) is 1. The Hall–Kier alpha value is -1.71. The molecule has 4 nitrogen and oxygen atoms in total. The highest BCUT2D eigenvalue weighted by molar-refractivity contribution is 5.76. The molecule has 0 fully saturated rings. The molecule has 1 aliphatic heterocycles. The topological polar surface area (TPSA) is 38.8 Å². The fourth-order valence-electron chi connectivity index (χ4n) is 2.08. The molecule has 2 rings (SSSR count). The van der Waals surface area contributed by atoms with Gasteiger partial charge in [-0.3, -0.25) is 4.79 Å². The first-order valence-electron chi connectivity index (χ1n) is 6.41. The van der Waals surface area contributed by atoms with Crippen LogP contribution >= 0.6 is 0 Å². The third-order valence-corrected chi connectivity index (χ3v) is 3.18. The summed E-state index contributed by atoms with van der Waals surface area (Å²) in [4.78, 5) is 13.7. The first kappa shape index (κ1) is 12.7. The van der Waals surface area contributed by atoms with Gasteiger partial charge in [0.2, 0.25) is 12.7 Å². The number of ether oxygens (including phenoxy) is 2. The molecule has 0 radical (unpaired) electrons. The predicted octanol–water partition coefficient (Wildman–Crippen LogP) is 2.22. The molecule has 0 N–H and O–H groups in total. The predicted molar refractivity (Wildman–Crippen MR) is 68.8 cm³/mol. The van der Waals surface area contributed by atoms with Gasteiger partial charge in [0.1, 0.15) is 0 Å². The molecule has 98 valence electrons. The summed E-state index contributed by atoms with van der Waals surface area (Å²) in [5.74, 6) is 1.77. The Labute approximate surface area is 107 Å². The number of carbonyl (C=O) groups excluding carboxylic acids is 1. The Morgan fingerprint density at radius 3 is 2.67 bits per heavy atom. The summed E-state index contributed by atoms with van der Waals surface area (Å²) in [6.07, 6.45) is 1.29. The van der Waals surface area contributed by atoms with E-state index >= 15 is 0 Å². The molecule has 0 aliphatic carbocycles. The third-order valence-electron chi connectivity index (χ3n) is 3.18. The first-order chi connectivity index (χ1) is 8.74. The van der Waals surface area contributed by atoms with Crippen LogP contribution < -0.4 is 9.47 Å². The van der Waals surface area contributed by atoms with Crippen molar-refractivity contribution < 1.29 is 14.3 Å². The molecule has 0 atom stereocenters. The van der Waals surface area contributed by atoms with Crippen molar-refractivity contribution in [3.8, 4) is 11.5 Å². The first-order valence-corrected chi connectivity index (χ1v) is 6.41. The van der Waals surface area contributed by atoms with Crippen LogP contribution in [0.15, 0.2) is 18.2 Å². The fraction of sp³-hybridized carbons (Fsp3) is 0.500. The second kappa shape index (κ2) is 5.76. The monoisotopic (exact) mass is 249 g/mol. The van der Waals surface area contributed by atoms with Crippen molar-refractivity contribution in [3.63, 3.8) is 0 Å². The Morgan fingerprint density at radius 2 is 1.94 bits per heavy atom. The maximum atomic E-state index is 11.9. The van der Waals surface area contributed by atoms with Crippen molar-refractivity contribution in [1.29, 1.82) is 0 Å². The summed E-state index contributed by atoms with van der Waals surface area (Å²) in [7, 11) is 0. The number of benzene rings is 1. The molecule has 0 unspecified atom stereocenters. The quantitative estimate of drug-likeness (QED) is 0.803. The SMILES string of the molecule is CCN(CC)C(=O)CCc1ccc2c(c1)OCO2. The normalized spacial score (nSPS) is 12.6. The Morgan fingerprint density at radius 1 is 1.22 bits per heavy atom. The number of carbonyl (C=O) groups is 1. The second-order valence-electron chi connectivity index (χ2n) is 4.25. The van der Waals surface area contributed by atoms with Crippen molar-refractivity contribution in [1.82, 2.24) is 4.90 Å². The third kappa shape index (κ3) is 2.75. The average molecular weight is 249 g/mol. The van der Waals surface area contributed by atoms with Gasteiger partial charge in [-0.15, -0.1) is 0 Å².